The number of carbonyl (C=O) groups is 1. The fourth-order valence-electron chi connectivity index (χ4n) is 5.01. The molecule has 0 saturated carbocycles. The summed E-state index contributed by atoms with van der Waals surface area (Å²) in [6, 6.07) is 9.65. The molecule has 1 saturated heterocycles. The molecule has 3 aromatic rings. The van der Waals surface area contributed by atoms with Gasteiger partial charge in [-0.1, -0.05) is 59.2 Å². The van der Waals surface area contributed by atoms with E-state index in [1.807, 2.05) is 38.6 Å². The molecule has 1 aromatic heterocycles. The summed E-state index contributed by atoms with van der Waals surface area (Å²) in [7, 11) is 4.23. The minimum atomic E-state index is -0.209. The molecule has 1 aliphatic rings. The highest BCUT2D eigenvalue weighted by Crippen LogP contribution is 2.24. The molecular formula is C36H55FN4O. The highest BCUT2D eigenvalue weighted by atomic mass is 19.1. The number of fused-ring (bicyclic) bond motifs is 1. The van der Waals surface area contributed by atoms with Gasteiger partial charge in [-0.25, -0.2) is 9.38 Å². The standard InChI is InChI=1S/C16H20FNO.C13H18N2.C6H13N.CH4/c1-5-6-13-7-8-14(9-15(13)17)12(4)18-16(10-19)11(2)3;1-5-10-7-9(3)13-11(8-10)12(6-2)15(4)14-13;1-7-5-3-2-4-6-7;/h7-10H,5-6H2,1-4H3;7-8H,5-6H2,1-4H3;2-6H2,1H3;1H4. The molecule has 6 heteroatoms. The summed E-state index contributed by atoms with van der Waals surface area (Å²) in [5.41, 5.74) is 8.50. The van der Waals surface area contributed by atoms with Crippen molar-refractivity contribution in [3.8, 4) is 0 Å². The lowest BCUT2D eigenvalue weighted by Gasteiger charge is -2.20. The van der Waals surface area contributed by atoms with E-state index in [-0.39, 0.29) is 13.2 Å². The van der Waals surface area contributed by atoms with Gasteiger partial charge in [-0.05, 0) is 120 Å². The van der Waals surface area contributed by atoms with Gasteiger partial charge in [-0.15, -0.1) is 0 Å². The van der Waals surface area contributed by atoms with Crippen LogP contribution in [0.3, 0.4) is 0 Å². The van der Waals surface area contributed by atoms with Gasteiger partial charge >= 0.3 is 0 Å². The predicted octanol–water partition coefficient (Wildman–Crippen LogP) is 8.82. The third kappa shape index (κ3) is 10.6. The second-order valence-corrected chi connectivity index (χ2v) is 11.2. The lowest BCUT2D eigenvalue weighted by molar-refractivity contribution is -0.105. The quantitative estimate of drug-likeness (QED) is 0.160. The SMILES string of the molecule is C.CCCc1ccc(C(C)=NC(C=O)=C(C)C)cc1F.CCc1cc(C)c2nn(C)c(CC)c2c1.CN1CCCCC1. The van der Waals surface area contributed by atoms with Crippen LogP contribution in [-0.4, -0.2) is 46.8 Å². The van der Waals surface area contributed by atoms with E-state index >= 15 is 0 Å². The Morgan fingerprint density at radius 1 is 1.00 bits per heavy atom. The number of halogens is 1. The van der Waals surface area contributed by atoms with Gasteiger partial charge in [0.2, 0.25) is 0 Å². The number of allylic oxidation sites excluding steroid dienone is 2. The number of carbonyl (C=O) groups excluding carboxylic acids is 1. The average molecular weight is 579 g/mol. The third-order valence-corrected chi connectivity index (χ3v) is 7.54. The van der Waals surface area contributed by atoms with Crippen LogP contribution in [0.4, 0.5) is 4.39 Å². The zero-order chi connectivity index (χ0) is 30.5. The first-order valence-electron chi connectivity index (χ1n) is 15.2. The molecule has 0 aliphatic carbocycles. The predicted molar refractivity (Wildman–Crippen MR) is 179 cm³/mol. The topological polar surface area (TPSA) is 50.5 Å². The maximum atomic E-state index is 13.8. The van der Waals surface area contributed by atoms with E-state index in [1.165, 1.54) is 60.6 Å². The van der Waals surface area contributed by atoms with Gasteiger partial charge < -0.3 is 4.90 Å². The van der Waals surface area contributed by atoms with Gasteiger partial charge in [0, 0.05) is 23.8 Å². The van der Waals surface area contributed by atoms with E-state index in [1.54, 1.807) is 13.0 Å². The molecule has 0 spiro atoms. The van der Waals surface area contributed by atoms with Crippen LogP contribution < -0.4 is 0 Å². The lowest BCUT2D eigenvalue weighted by Crippen LogP contribution is -2.24. The molecular weight excluding hydrogens is 523 g/mol. The molecule has 0 N–H and O–H groups in total. The maximum Gasteiger partial charge on any atom is 0.168 e. The third-order valence-electron chi connectivity index (χ3n) is 7.54. The second-order valence-electron chi connectivity index (χ2n) is 11.2. The van der Waals surface area contributed by atoms with Crippen molar-refractivity contribution >= 4 is 22.9 Å². The Bertz CT molecular complexity index is 1340. The Labute approximate surface area is 254 Å². The van der Waals surface area contributed by atoms with Crippen molar-refractivity contribution in [1.29, 1.82) is 0 Å². The number of rotatable bonds is 7. The highest BCUT2D eigenvalue weighted by Gasteiger charge is 2.10. The number of aldehydes is 1. The van der Waals surface area contributed by atoms with Crippen LogP contribution >= 0.6 is 0 Å². The number of likely N-dealkylation sites (tertiary alicyclic amines) is 1. The fourth-order valence-corrected chi connectivity index (χ4v) is 5.01. The van der Waals surface area contributed by atoms with Crippen LogP contribution in [0.25, 0.3) is 10.9 Å². The first-order valence-corrected chi connectivity index (χ1v) is 15.2. The number of nitrogens with zero attached hydrogens (tertiary/aromatic N) is 4. The van der Waals surface area contributed by atoms with Crippen molar-refractivity contribution in [3.05, 3.63) is 75.4 Å². The Kier molecular flexibility index (Phi) is 16.2. The molecule has 0 atom stereocenters. The van der Waals surface area contributed by atoms with Crippen LogP contribution in [-0.2, 0) is 31.1 Å². The first-order chi connectivity index (χ1) is 19.6. The molecule has 42 heavy (non-hydrogen) atoms. The summed E-state index contributed by atoms with van der Waals surface area (Å²) in [6.07, 6.45) is 8.78. The van der Waals surface area contributed by atoms with E-state index in [9.17, 15) is 9.18 Å². The van der Waals surface area contributed by atoms with Crippen molar-refractivity contribution < 1.29 is 9.18 Å². The Morgan fingerprint density at radius 2 is 1.67 bits per heavy atom. The van der Waals surface area contributed by atoms with E-state index < -0.39 is 0 Å². The van der Waals surface area contributed by atoms with Crippen LogP contribution in [0, 0.1) is 12.7 Å². The summed E-state index contributed by atoms with van der Waals surface area (Å²) in [6.45, 7) is 16.6. The fraction of sp³-hybridized carbons (Fsp3) is 0.528. The zero-order valence-electron chi connectivity index (χ0n) is 26.9. The summed E-state index contributed by atoms with van der Waals surface area (Å²) >= 11 is 0. The highest BCUT2D eigenvalue weighted by molar-refractivity contribution is 6.01. The van der Waals surface area contributed by atoms with Crippen LogP contribution in [0.15, 0.2) is 46.6 Å². The minimum Gasteiger partial charge on any atom is -0.306 e. The van der Waals surface area contributed by atoms with E-state index in [2.05, 4.69) is 54.9 Å². The van der Waals surface area contributed by atoms with Gasteiger partial charge in [0.1, 0.15) is 11.5 Å². The Hall–Kier alpha value is -3.12. The molecule has 0 radical (unpaired) electrons. The zero-order valence-corrected chi connectivity index (χ0v) is 26.9. The van der Waals surface area contributed by atoms with Crippen molar-refractivity contribution in [2.24, 2.45) is 12.0 Å². The largest absolute Gasteiger partial charge is 0.306 e. The van der Waals surface area contributed by atoms with Crippen LogP contribution in [0.1, 0.15) is 103 Å². The number of hydrogen-bond acceptors (Lipinski definition) is 4. The summed E-state index contributed by atoms with van der Waals surface area (Å²) in [4.78, 5) is 17.5. The summed E-state index contributed by atoms with van der Waals surface area (Å²) in [5, 5.41) is 5.91. The smallest absolute Gasteiger partial charge is 0.168 e. The molecule has 1 aliphatic heterocycles. The molecule has 5 nitrogen and oxygen atoms in total. The minimum absolute atomic E-state index is 0. The Balaban J connectivity index is 0.000000340. The number of aryl methyl sites for hydroxylation is 5. The van der Waals surface area contributed by atoms with Crippen molar-refractivity contribution in [3.63, 3.8) is 0 Å². The average Bonchev–Trinajstić information content (AvgIpc) is 3.29. The lowest BCUT2D eigenvalue weighted by atomic mass is 10.0. The molecule has 232 valence electrons. The molecule has 2 heterocycles. The van der Waals surface area contributed by atoms with Gasteiger partial charge in [-0.2, -0.15) is 5.10 Å². The molecule has 4 rings (SSSR count). The molecule has 1 fully saturated rings. The van der Waals surface area contributed by atoms with E-state index in [0.717, 1.165) is 48.6 Å². The normalized spacial score (nSPS) is 13.3. The molecule has 0 bridgehead atoms. The monoisotopic (exact) mass is 578 g/mol. The van der Waals surface area contributed by atoms with Crippen LogP contribution in [0.5, 0.6) is 0 Å². The maximum absolute atomic E-state index is 13.8. The van der Waals surface area contributed by atoms with Crippen molar-refractivity contribution in [2.45, 2.75) is 101 Å². The van der Waals surface area contributed by atoms with Crippen molar-refractivity contribution in [2.75, 3.05) is 20.1 Å². The van der Waals surface area contributed by atoms with Crippen molar-refractivity contribution in [1.82, 2.24) is 14.7 Å². The number of benzene rings is 2. The van der Waals surface area contributed by atoms with Gasteiger partial charge in [0.05, 0.1) is 5.52 Å². The van der Waals surface area contributed by atoms with Gasteiger partial charge in [0.15, 0.2) is 6.29 Å². The van der Waals surface area contributed by atoms with Gasteiger partial charge in [0.25, 0.3) is 0 Å². The number of aliphatic imine (C=N–C) groups is 1. The number of hydrogen-bond donors (Lipinski definition) is 0. The van der Waals surface area contributed by atoms with E-state index in [0.29, 0.717) is 17.0 Å². The first kappa shape index (κ1) is 36.9. The van der Waals surface area contributed by atoms with E-state index in [4.69, 9.17) is 0 Å². The summed E-state index contributed by atoms with van der Waals surface area (Å²) in [5.74, 6) is -0.209. The molecule has 2 aromatic carbocycles. The Morgan fingerprint density at radius 3 is 2.14 bits per heavy atom. The number of aromatic nitrogens is 2. The molecule has 0 amide bonds. The van der Waals surface area contributed by atoms with Crippen LogP contribution in [0.2, 0.25) is 0 Å². The second kappa shape index (κ2) is 18.4. The molecule has 0 unspecified atom stereocenters. The summed E-state index contributed by atoms with van der Waals surface area (Å²) < 4.78 is 15.8. The number of piperidine rings is 1. The van der Waals surface area contributed by atoms with Gasteiger partial charge in [-0.3, -0.25) is 9.48 Å².